The van der Waals surface area contributed by atoms with Gasteiger partial charge in [-0.25, -0.2) is 0 Å². The van der Waals surface area contributed by atoms with Crippen LogP contribution in [0.3, 0.4) is 0 Å². The van der Waals surface area contributed by atoms with E-state index in [0.29, 0.717) is 16.8 Å². The molecule has 1 fully saturated rings. The molecule has 29 heavy (non-hydrogen) atoms. The Bertz CT molecular complexity index is 1100. The number of carbonyl (C=O) groups is 2. The number of benzene rings is 1. The molecule has 1 saturated heterocycles. The predicted molar refractivity (Wildman–Crippen MR) is 104 cm³/mol. The van der Waals surface area contributed by atoms with E-state index in [-0.39, 0.29) is 23.6 Å². The number of hydrogen-bond acceptors (Lipinski definition) is 6. The summed E-state index contributed by atoms with van der Waals surface area (Å²) in [7, 11) is 0. The van der Waals surface area contributed by atoms with Crippen LogP contribution in [0.4, 0.5) is 0 Å². The van der Waals surface area contributed by atoms with E-state index in [1.807, 2.05) is 0 Å². The van der Waals surface area contributed by atoms with Gasteiger partial charge in [0.05, 0.1) is 23.9 Å². The van der Waals surface area contributed by atoms with E-state index in [4.69, 9.17) is 0 Å². The van der Waals surface area contributed by atoms with Crippen LogP contribution in [0, 0.1) is 0 Å². The summed E-state index contributed by atoms with van der Waals surface area (Å²) in [5.74, 6) is -1.82. The lowest BCUT2D eigenvalue weighted by atomic mass is 9.95. The van der Waals surface area contributed by atoms with Crippen LogP contribution in [0.15, 0.2) is 78.8 Å². The van der Waals surface area contributed by atoms with Gasteiger partial charge in [0.15, 0.2) is 0 Å². The summed E-state index contributed by atoms with van der Waals surface area (Å²) >= 11 is 0. The number of amides is 1. The third-order valence-corrected chi connectivity index (χ3v) is 4.74. The van der Waals surface area contributed by atoms with Crippen molar-refractivity contribution in [2.45, 2.75) is 12.6 Å². The molecule has 3 heterocycles. The first-order valence-electron chi connectivity index (χ1n) is 8.94. The highest BCUT2D eigenvalue weighted by Crippen LogP contribution is 2.40. The smallest absolute Gasteiger partial charge is 0.296 e. The van der Waals surface area contributed by atoms with E-state index in [1.54, 1.807) is 48.7 Å². The fraction of sp³-hybridized carbons (Fsp3) is 0.0909. The third kappa shape index (κ3) is 3.45. The number of aliphatic hydroxyl groups excluding tert-OH is 1. The van der Waals surface area contributed by atoms with Crippen molar-refractivity contribution < 1.29 is 19.8 Å². The van der Waals surface area contributed by atoms with Crippen LogP contribution in [0.1, 0.15) is 22.9 Å². The van der Waals surface area contributed by atoms with Crippen LogP contribution >= 0.6 is 0 Å². The van der Waals surface area contributed by atoms with E-state index in [0.717, 1.165) is 0 Å². The predicted octanol–water partition coefficient (Wildman–Crippen LogP) is 2.80. The van der Waals surface area contributed by atoms with E-state index >= 15 is 0 Å². The second-order valence-corrected chi connectivity index (χ2v) is 6.58. The topological polar surface area (TPSA) is 104 Å². The molecule has 1 amide bonds. The first-order valence-corrected chi connectivity index (χ1v) is 8.94. The Labute approximate surface area is 166 Å². The lowest BCUT2D eigenvalue weighted by molar-refractivity contribution is -0.140. The van der Waals surface area contributed by atoms with E-state index < -0.39 is 17.7 Å². The second kappa shape index (κ2) is 7.55. The van der Waals surface area contributed by atoms with E-state index in [9.17, 15) is 19.8 Å². The van der Waals surface area contributed by atoms with E-state index in [2.05, 4.69) is 9.97 Å². The molecule has 7 nitrogen and oxygen atoms in total. The first-order chi connectivity index (χ1) is 14.1. The molecular weight excluding hydrogens is 370 g/mol. The zero-order valence-corrected chi connectivity index (χ0v) is 15.3. The minimum atomic E-state index is -0.864. The monoisotopic (exact) mass is 387 g/mol. The van der Waals surface area contributed by atoms with Crippen molar-refractivity contribution in [2.24, 2.45) is 0 Å². The third-order valence-electron chi connectivity index (χ3n) is 4.74. The van der Waals surface area contributed by atoms with Gasteiger partial charge in [0, 0.05) is 24.2 Å². The van der Waals surface area contributed by atoms with Crippen LogP contribution in [0.2, 0.25) is 0 Å². The van der Waals surface area contributed by atoms with Crippen LogP contribution in [0.5, 0.6) is 5.75 Å². The molecule has 0 aliphatic carbocycles. The first kappa shape index (κ1) is 18.4. The van der Waals surface area contributed by atoms with Crippen LogP contribution < -0.4 is 0 Å². The number of hydrogen-bond donors (Lipinski definition) is 2. The van der Waals surface area contributed by atoms with Crippen molar-refractivity contribution in [2.75, 3.05) is 0 Å². The number of phenols is 1. The molecule has 0 bridgehead atoms. The standard InChI is InChI=1S/C22H17N3O4/c26-17-6-3-4-15(12-17)19-18(20(27)14-7-10-23-11-8-14)21(28)22(29)25(19)13-16-5-1-2-9-24-16/h1-12,19,26-27H,13H2/b20-18-. The van der Waals surface area contributed by atoms with Crippen molar-refractivity contribution in [1.82, 2.24) is 14.9 Å². The normalized spacial score (nSPS) is 18.2. The maximum atomic E-state index is 12.9. The minimum absolute atomic E-state index is 0.00478. The quantitative estimate of drug-likeness (QED) is 0.405. The molecule has 0 saturated carbocycles. The molecule has 0 spiro atoms. The fourth-order valence-electron chi connectivity index (χ4n) is 3.42. The molecule has 1 atom stereocenters. The van der Waals surface area contributed by atoms with Crippen molar-refractivity contribution in [1.29, 1.82) is 0 Å². The lowest BCUT2D eigenvalue weighted by Gasteiger charge is -2.25. The molecular formula is C22H17N3O4. The van der Waals surface area contributed by atoms with Crippen molar-refractivity contribution in [3.8, 4) is 5.75 Å². The highest BCUT2D eigenvalue weighted by molar-refractivity contribution is 6.46. The molecule has 1 aromatic carbocycles. The average molecular weight is 387 g/mol. The van der Waals surface area contributed by atoms with Gasteiger partial charge in [-0.2, -0.15) is 0 Å². The fourth-order valence-corrected chi connectivity index (χ4v) is 3.42. The Kier molecular flexibility index (Phi) is 4.78. The molecule has 4 rings (SSSR count). The highest BCUT2D eigenvalue weighted by atomic mass is 16.3. The Morgan fingerprint density at radius 2 is 1.79 bits per heavy atom. The number of pyridine rings is 2. The molecule has 0 radical (unpaired) electrons. The molecule has 7 heteroatoms. The molecule has 1 aliphatic heterocycles. The van der Waals surface area contributed by atoms with Gasteiger partial charge in [0.25, 0.3) is 11.7 Å². The number of Topliss-reactive ketones (excluding diaryl/α,β-unsaturated/α-hetero) is 1. The second-order valence-electron chi connectivity index (χ2n) is 6.58. The zero-order chi connectivity index (χ0) is 20.4. The zero-order valence-electron chi connectivity index (χ0n) is 15.3. The Morgan fingerprint density at radius 1 is 1.00 bits per heavy atom. The maximum absolute atomic E-state index is 12.9. The number of aromatic hydroxyl groups is 1. The molecule has 1 aliphatic rings. The molecule has 2 N–H and O–H groups in total. The van der Waals surface area contributed by atoms with Gasteiger partial charge in [-0.3, -0.25) is 19.6 Å². The van der Waals surface area contributed by atoms with Crippen LogP contribution in [0.25, 0.3) is 5.76 Å². The number of aliphatic hydroxyl groups is 1. The van der Waals surface area contributed by atoms with Gasteiger partial charge >= 0.3 is 0 Å². The Morgan fingerprint density at radius 3 is 2.48 bits per heavy atom. The molecule has 3 aromatic rings. The summed E-state index contributed by atoms with van der Waals surface area (Å²) in [6, 6.07) is 13.8. The van der Waals surface area contributed by atoms with Crippen molar-refractivity contribution >= 4 is 17.4 Å². The van der Waals surface area contributed by atoms with Gasteiger partial charge in [0.2, 0.25) is 0 Å². The number of carbonyl (C=O) groups excluding carboxylic acids is 2. The summed E-state index contributed by atoms with van der Waals surface area (Å²) in [6.45, 7) is 0.0822. The molecule has 1 unspecified atom stereocenters. The van der Waals surface area contributed by atoms with Gasteiger partial charge in [-0.15, -0.1) is 0 Å². The molecule has 144 valence electrons. The lowest BCUT2D eigenvalue weighted by Crippen LogP contribution is -2.29. The Hall–Kier alpha value is -4.00. The summed E-state index contributed by atoms with van der Waals surface area (Å²) in [5, 5.41) is 20.8. The van der Waals surface area contributed by atoms with E-state index in [1.165, 1.54) is 29.4 Å². The summed E-state index contributed by atoms with van der Waals surface area (Å²) in [5.41, 5.74) is 1.45. The van der Waals surface area contributed by atoms with Gasteiger partial charge in [0.1, 0.15) is 11.5 Å². The van der Waals surface area contributed by atoms with Gasteiger partial charge < -0.3 is 15.1 Å². The highest BCUT2D eigenvalue weighted by Gasteiger charge is 2.46. The number of phenolic OH excluding ortho intramolecular Hbond substituents is 1. The number of nitrogens with zero attached hydrogens (tertiary/aromatic N) is 3. The number of ketones is 1. The summed E-state index contributed by atoms with van der Waals surface area (Å²) in [4.78, 5) is 35.2. The average Bonchev–Trinajstić information content (AvgIpc) is 2.99. The van der Waals surface area contributed by atoms with Crippen molar-refractivity contribution in [3.05, 3.63) is 95.6 Å². The summed E-state index contributed by atoms with van der Waals surface area (Å²) in [6.07, 6.45) is 4.58. The molecule has 2 aromatic heterocycles. The van der Waals surface area contributed by atoms with Crippen LogP contribution in [-0.2, 0) is 16.1 Å². The largest absolute Gasteiger partial charge is 0.508 e. The van der Waals surface area contributed by atoms with Crippen molar-refractivity contribution in [3.63, 3.8) is 0 Å². The Balaban J connectivity index is 1.87. The van der Waals surface area contributed by atoms with Crippen LogP contribution in [-0.4, -0.2) is 36.8 Å². The van der Waals surface area contributed by atoms with Gasteiger partial charge in [-0.05, 0) is 42.0 Å². The summed E-state index contributed by atoms with van der Waals surface area (Å²) < 4.78 is 0. The maximum Gasteiger partial charge on any atom is 0.296 e. The van der Waals surface area contributed by atoms with Gasteiger partial charge in [-0.1, -0.05) is 18.2 Å². The SMILES string of the molecule is O=C1C(=O)N(Cc2ccccn2)C(c2cccc(O)c2)/C1=C(/O)c1ccncc1. The number of aromatic nitrogens is 2. The number of rotatable bonds is 4. The number of likely N-dealkylation sites (tertiary alicyclic amines) is 1. The minimum Gasteiger partial charge on any atom is -0.508 e.